The topological polar surface area (TPSA) is 41.1 Å². The first-order valence-electron chi connectivity index (χ1n) is 5.51. The van der Waals surface area contributed by atoms with Crippen molar-refractivity contribution in [2.45, 2.75) is 19.8 Å². The molecule has 0 fully saturated rings. The number of amides is 1. The summed E-state index contributed by atoms with van der Waals surface area (Å²) in [5, 5.41) is 6.01. The number of carbonyl (C=O) groups excluding carboxylic acids is 1. The maximum absolute atomic E-state index is 11.3. The van der Waals surface area contributed by atoms with Gasteiger partial charge in [0.05, 0.1) is 0 Å². The Bertz CT molecular complexity index is 343. The number of rotatable bonds is 6. The van der Waals surface area contributed by atoms with Crippen LogP contribution in [0.15, 0.2) is 36.9 Å². The SMILES string of the molecule is C=CCNc1ccc(NC(=O)CCC)cc1. The van der Waals surface area contributed by atoms with Gasteiger partial charge < -0.3 is 10.6 Å². The summed E-state index contributed by atoms with van der Waals surface area (Å²) >= 11 is 0. The monoisotopic (exact) mass is 218 g/mol. The zero-order valence-electron chi connectivity index (χ0n) is 9.62. The molecule has 0 aliphatic rings. The van der Waals surface area contributed by atoms with Crippen LogP contribution in [0.5, 0.6) is 0 Å². The number of hydrogen-bond acceptors (Lipinski definition) is 2. The minimum atomic E-state index is 0.0642. The number of hydrogen-bond donors (Lipinski definition) is 2. The van der Waals surface area contributed by atoms with E-state index in [9.17, 15) is 4.79 Å². The van der Waals surface area contributed by atoms with Crippen molar-refractivity contribution in [2.24, 2.45) is 0 Å². The average molecular weight is 218 g/mol. The lowest BCUT2D eigenvalue weighted by molar-refractivity contribution is -0.116. The van der Waals surface area contributed by atoms with Crippen LogP contribution in [0.2, 0.25) is 0 Å². The molecule has 0 bridgehead atoms. The lowest BCUT2D eigenvalue weighted by atomic mass is 10.2. The van der Waals surface area contributed by atoms with Crippen molar-refractivity contribution in [1.82, 2.24) is 0 Å². The number of nitrogens with one attached hydrogen (secondary N) is 2. The predicted octanol–water partition coefficient (Wildman–Crippen LogP) is 3.02. The normalized spacial score (nSPS) is 9.56. The van der Waals surface area contributed by atoms with Gasteiger partial charge in [-0.25, -0.2) is 0 Å². The molecule has 1 rings (SSSR count). The van der Waals surface area contributed by atoms with Gasteiger partial charge in [0.2, 0.25) is 5.91 Å². The summed E-state index contributed by atoms with van der Waals surface area (Å²) in [6.07, 6.45) is 3.23. The smallest absolute Gasteiger partial charge is 0.224 e. The molecule has 0 heterocycles. The van der Waals surface area contributed by atoms with Crippen LogP contribution in [0.25, 0.3) is 0 Å². The van der Waals surface area contributed by atoms with E-state index in [0.717, 1.165) is 24.3 Å². The maximum atomic E-state index is 11.3. The summed E-state index contributed by atoms with van der Waals surface area (Å²) in [5.41, 5.74) is 1.86. The summed E-state index contributed by atoms with van der Waals surface area (Å²) in [6, 6.07) is 7.65. The van der Waals surface area contributed by atoms with Crippen LogP contribution in [0.4, 0.5) is 11.4 Å². The molecule has 2 N–H and O–H groups in total. The zero-order valence-corrected chi connectivity index (χ0v) is 9.62. The van der Waals surface area contributed by atoms with E-state index in [-0.39, 0.29) is 5.91 Å². The van der Waals surface area contributed by atoms with E-state index in [1.165, 1.54) is 0 Å². The molecule has 0 aliphatic heterocycles. The number of carbonyl (C=O) groups is 1. The fourth-order valence-corrected chi connectivity index (χ4v) is 1.31. The molecule has 0 radical (unpaired) electrons. The van der Waals surface area contributed by atoms with Crippen LogP contribution in [-0.4, -0.2) is 12.5 Å². The molecule has 3 heteroatoms. The quantitative estimate of drug-likeness (QED) is 0.721. The Morgan fingerprint density at radius 1 is 1.31 bits per heavy atom. The molecule has 0 aliphatic carbocycles. The van der Waals surface area contributed by atoms with Crippen molar-refractivity contribution in [3.63, 3.8) is 0 Å². The van der Waals surface area contributed by atoms with Crippen LogP contribution < -0.4 is 10.6 Å². The molecule has 1 amide bonds. The van der Waals surface area contributed by atoms with Gasteiger partial charge in [0.25, 0.3) is 0 Å². The van der Waals surface area contributed by atoms with E-state index in [2.05, 4.69) is 17.2 Å². The number of anilines is 2. The van der Waals surface area contributed by atoms with E-state index >= 15 is 0 Å². The lowest BCUT2D eigenvalue weighted by Crippen LogP contribution is -2.10. The Balaban J connectivity index is 2.50. The highest BCUT2D eigenvalue weighted by Crippen LogP contribution is 2.13. The molecule has 1 aromatic carbocycles. The van der Waals surface area contributed by atoms with Gasteiger partial charge in [-0.15, -0.1) is 6.58 Å². The van der Waals surface area contributed by atoms with E-state index in [1.54, 1.807) is 6.08 Å². The zero-order chi connectivity index (χ0) is 11.8. The van der Waals surface area contributed by atoms with E-state index in [1.807, 2.05) is 31.2 Å². The molecule has 86 valence electrons. The molecule has 0 atom stereocenters. The minimum Gasteiger partial charge on any atom is -0.382 e. The van der Waals surface area contributed by atoms with Crippen LogP contribution in [-0.2, 0) is 4.79 Å². The molecule has 16 heavy (non-hydrogen) atoms. The molecular weight excluding hydrogens is 200 g/mol. The third-order valence-corrected chi connectivity index (χ3v) is 2.10. The van der Waals surface area contributed by atoms with E-state index in [0.29, 0.717) is 6.42 Å². The molecule has 3 nitrogen and oxygen atoms in total. The van der Waals surface area contributed by atoms with Gasteiger partial charge in [0.1, 0.15) is 0 Å². The summed E-state index contributed by atoms with van der Waals surface area (Å²) in [5.74, 6) is 0.0642. The lowest BCUT2D eigenvalue weighted by Gasteiger charge is -2.06. The van der Waals surface area contributed by atoms with Crippen molar-refractivity contribution in [1.29, 1.82) is 0 Å². The average Bonchev–Trinajstić information content (AvgIpc) is 2.28. The van der Waals surface area contributed by atoms with Gasteiger partial charge in [-0.2, -0.15) is 0 Å². The van der Waals surface area contributed by atoms with Gasteiger partial charge >= 0.3 is 0 Å². The summed E-state index contributed by atoms with van der Waals surface area (Å²) in [7, 11) is 0. The highest BCUT2D eigenvalue weighted by atomic mass is 16.1. The molecular formula is C13H18N2O. The maximum Gasteiger partial charge on any atom is 0.224 e. The Labute approximate surface area is 96.6 Å². The summed E-state index contributed by atoms with van der Waals surface area (Å²) in [4.78, 5) is 11.3. The van der Waals surface area contributed by atoms with Crippen LogP contribution >= 0.6 is 0 Å². The standard InChI is InChI=1S/C13H18N2O/c1-3-5-13(16)15-12-8-6-11(7-9-12)14-10-4-2/h4,6-9,14H,2-3,5,10H2,1H3,(H,15,16). The van der Waals surface area contributed by atoms with E-state index in [4.69, 9.17) is 0 Å². The second kappa shape index (κ2) is 6.67. The number of benzene rings is 1. The fourth-order valence-electron chi connectivity index (χ4n) is 1.31. The molecule has 0 spiro atoms. The summed E-state index contributed by atoms with van der Waals surface area (Å²) < 4.78 is 0. The van der Waals surface area contributed by atoms with Crippen LogP contribution in [0.3, 0.4) is 0 Å². The van der Waals surface area contributed by atoms with Gasteiger partial charge in [0.15, 0.2) is 0 Å². The van der Waals surface area contributed by atoms with Gasteiger partial charge in [-0.1, -0.05) is 13.0 Å². The van der Waals surface area contributed by atoms with Crippen molar-refractivity contribution in [3.8, 4) is 0 Å². The van der Waals surface area contributed by atoms with Crippen LogP contribution in [0.1, 0.15) is 19.8 Å². The van der Waals surface area contributed by atoms with Crippen molar-refractivity contribution in [3.05, 3.63) is 36.9 Å². The molecule has 0 saturated heterocycles. The third kappa shape index (κ3) is 4.17. The second-order valence-corrected chi connectivity index (χ2v) is 3.55. The Hall–Kier alpha value is -1.77. The molecule has 0 aromatic heterocycles. The van der Waals surface area contributed by atoms with Gasteiger partial charge in [-0.3, -0.25) is 4.79 Å². The second-order valence-electron chi connectivity index (χ2n) is 3.55. The first-order chi connectivity index (χ1) is 7.76. The van der Waals surface area contributed by atoms with Crippen molar-refractivity contribution >= 4 is 17.3 Å². The Morgan fingerprint density at radius 3 is 2.50 bits per heavy atom. The van der Waals surface area contributed by atoms with Crippen molar-refractivity contribution in [2.75, 3.05) is 17.2 Å². The first kappa shape index (κ1) is 12.3. The largest absolute Gasteiger partial charge is 0.382 e. The summed E-state index contributed by atoms with van der Waals surface area (Å²) in [6.45, 7) is 6.36. The molecule has 1 aromatic rings. The fraction of sp³-hybridized carbons (Fsp3) is 0.308. The Kier molecular flexibility index (Phi) is 5.12. The minimum absolute atomic E-state index is 0.0642. The predicted molar refractivity (Wildman–Crippen MR) is 68.7 cm³/mol. The highest BCUT2D eigenvalue weighted by molar-refractivity contribution is 5.90. The Morgan fingerprint density at radius 2 is 1.94 bits per heavy atom. The van der Waals surface area contributed by atoms with E-state index < -0.39 is 0 Å². The van der Waals surface area contributed by atoms with Gasteiger partial charge in [-0.05, 0) is 30.7 Å². The van der Waals surface area contributed by atoms with Crippen LogP contribution in [0, 0.1) is 0 Å². The highest BCUT2D eigenvalue weighted by Gasteiger charge is 1.99. The first-order valence-corrected chi connectivity index (χ1v) is 5.51. The third-order valence-electron chi connectivity index (χ3n) is 2.10. The van der Waals surface area contributed by atoms with Crippen molar-refractivity contribution < 1.29 is 4.79 Å². The molecule has 0 saturated carbocycles. The van der Waals surface area contributed by atoms with Gasteiger partial charge in [0, 0.05) is 24.3 Å². The molecule has 0 unspecified atom stereocenters.